The maximum atomic E-state index is 13.5. The van der Waals surface area contributed by atoms with Gasteiger partial charge in [-0.1, -0.05) is 48.7 Å². The number of benzene rings is 2. The maximum absolute atomic E-state index is 13.5. The zero-order chi connectivity index (χ0) is 27.9. The Balaban J connectivity index is 1.35. The summed E-state index contributed by atoms with van der Waals surface area (Å²) in [6, 6.07) is 17.8. The first-order valence-corrected chi connectivity index (χ1v) is 16.1. The SMILES string of the molecule is N#CC1(NC(=O)[C@@H]2CCCC[C@H]2c2oc(-c3ccccc3Cl)nc2-c2ccc(N3CCS(O)(O)CC3)cc2)CC1. The van der Waals surface area contributed by atoms with Gasteiger partial charge < -0.3 is 14.6 Å². The summed E-state index contributed by atoms with van der Waals surface area (Å²) in [5, 5.41) is 13.1. The minimum atomic E-state index is -2.47. The summed E-state index contributed by atoms with van der Waals surface area (Å²) in [7, 11) is -2.47. The van der Waals surface area contributed by atoms with Crippen LogP contribution in [0.25, 0.3) is 22.7 Å². The normalized spacial score (nSPS) is 24.1. The molecule has 8 nitrogen and oxygen atoms in total. The van der Waals surface area contributed by atoms with E-state index in [0.717, 1.165) is 36.9 Å². The predicted molar refractivity (Wildman–Crippen MR) is 158 cm³/mol. The molecule has 3 fully saturated rings. The fourth-order valence-electron chi connectivity index (χ4n) is 5.83. The van der Waals surface area contributed by atoms with Crippen LogP contribution in [0.4, 0.5) is 5.69 Å². The number of anilines is 1. The van der Waals surface area contributed by atoms with Crippen molar-refractivity contribution >= 4 is 33.8 Å². The number of amides is 1. The number of halogens is 1. The van der Waals surface area contributed by atoms with Gasteiger partial charge in [0, 0.05) is 36.2 Å². The zero-order valence-corrected chi connectivity index (χ0v) is 23.8. The van der Waals surface area contributed by atoms with Crippen LogP contribution in [0.2, 0.25) is 5.02 Å². The summed E-state index contributed by atoms with van der Waals surface area (Å²) in [5.41, 5.74) is 2.56. The largest absolute Gasteiger partial charge is 0.440 e. The summed E-state index contributed by atoms with van der Waals surface area (Å²) < 4.78 is 26.5. The third kappa shape index (κ3) is 5.46. The molecule has 3 aliphatic rings. The summed E-state index contributed by atoms with van der Waals surface area (Å²) >= 11 is 6.52. The van der Waals surface area contributed by atoms with Gasteiger partial charge in [-0.25, -0.2) is 4.98 Å². The Morgan fingerprint density at radius 3 is 2.48 bits per heavy atom. The number of oxazole rings is 1. The van der Waals surface area contributed by atoms with E-state index in [1.54, 1.807) is 6.07 Å². The number of carbonyl (C=O) groups is 1. The van der Waals surface area contributed by atoms with Gasteiger partial charge in [-0.05, 0) is 49.9 Å². The minimum absolute atomic E-state index is 0.0863. The van der Waals surface area contributed by atoms with E-state index < -0.39 is 16.1 Å². The molecule has 3 N–H and O–H groups in total. The minimum Gasteiger partial charge on any atom is -0.440 e. The van der Waals surface area contributed by atoms with Crippen molar-refractivity contribution in [2.75, 3.05) is 29.5 Å². The number of carbonyl (C=O) groups excluding carboxylic acids is 1. The van der Waals surface area contributed by atoms with Gasteiger partial charge in [0.2, 0.25) is 11.8 Å². The number of hydrogen-bond donors (Lipinski definition) is 3. The average Bonchev–Trinajstić information content (AvgIpc) is 3.60. The van der Waals surface area contributed by atoms with E-state index in [-0.39, 0.29) is 17.7 Å². The van der Waals surface area contributed by atoms with Gasteiger partial charge in [-0.15, -0.1) is 0 Å². The molecule has 2 atom stereocenters. The lowest BCUT2D eigenvalue weighted by atomic mass is 9.76. The summed E-state index contributed by atoms with van der Waals surface area (Å²) in [4.78, 5) is 20.5. The topological polar surface area (TPSA) is 123 Å². The lowest BCUT2D eigenvalue weighted by molar-refractivity contribution is -0.127. The van der Waals surface area contributed by atoms with E-state index >= 15 is 0 Å². The van der Waals surface area contributed by atoms with Crippen molar-refractivity contribution in [3.8, 4) is 28.8 Å². The van der Waals surface area contributed by atoms with E-state index in [9.17, 15) is 19.2 Å². The van der Waals surface area contributed by atoms with Gasteiger partial charge in [0.15, 0.2) is 0 Å². The molecular formula is C30H33ClN4O4S. The monoisotopic (exact) mass is 580 g/mol. The highest BCUT2D eigenvalue weighted by atomic mass is 35.5. The molecule has 0 radical (unpaired) electrons. The molecule has 1 amide bonds. The van der Waals surface area contributed by atoms with Crippen LogP contribution in [-0.2, 0) is 4.79 Å². The molecule has 1 saturated heterocycles. The van der Waals surface area contributed by atoms with Crippen molar-refractivity contribution in [1.29, 1.82) is 5.26 Å². The van der Waals surface area contributed by atoms with Crippen LogP contribution in [0.3, 0.4) is 0 Å². The molecule has 1 aromatic heterocycles. The number of nitrogens with one attached hydrogen (secondary N) is 1. The fourth-order valence-corrected chi connectivity index (χ4v) is 7.28. The van der Waals surface area contributed by atoms with Crippen LogP contribution in [0.1, 0.15) is 50.2 Å². The van der Waals surface area contributed by atoms with Crippen molar-refractivity contribution < 1.29 is 18.3 Å². The zero-order valence-electron chi connectivity index (χ0n) is 22.2. The van der Waals surface area contributed by atoms with Crippen LogP contribution in [0, 0.1) is 17.2 Å². The van der Waals surface area contributed by atoms with Gasteiger partial charge in [0.1, 0.15) is 17.0 Å². The first-order chi connectivity index (χ1) is 19.3. The van der Waals surface area contributed by atoms with Crippen LogP contribution < -0.4 is 10.2 Å². The molecule has 3 aromatic rings. The average molecular weight is 581 g/mol. The molecule has 10 heteroatoms. The molecule has 1 aliphatic heterocycles. The Morgan fingerprint density at radius 2 is 1.80 bits per heavy atom. The maximum Gasteiger partial charge on any atom is 0.228 e. The van der Waals surface area contributed by atoms with E-state index in [1.807, 2.05) is 42.5 Å². The van der Waals surface area contributed by atoms with Crippen molar-refractivity contribution in [2.24, 2.45) is 5.92 Å². The summed E-state index contributed by atoms with van der Waals surface area (Å²) in [5.74, 6) is 1.28. The highest BCUT2D eigenvalue weighted by Gasteiger charge is 2.47. The van der Waals surface area contributed by atoms with Gasteiger partial charge in [-0.2, -0.15) is 15.9 Å². The molecule has 0 spiro atoms. The van der Waals surface area contributed by atoms with Crippen molar-refractivity contribution in [3.05, 3.63) is 59.3 Å². The molecule has 0 unspecified atom stereocenters. The molecule has 210 valence electrons. The third-order valence-corrected chi connectivity index (χ3v) is 10.4. The first kappa shape index (κ1) is 27.2. The van der Waals surface area contributed by atoms with Crippen LogP contribution in [0.5, 0.6) is 0 Å². The number of nitrogens with zero attached hydrogens (tertiary/aromatic N) is 3. The predicted octanol–water partition coefficient (Wildman–Crippen LogP) is 6.68. The highest BCUT2D eigenvalue weighted by molar-refractivity contribution is 8.24. The summed E-state index contributed by atoms with van der Waals surface area (Å²) in [6.45, 7) is 1.19. The number of aromatic nitrogens is 1. The molecule has 2 aromatic carbocycles. The second kappa shape index (κ2) is 10.7. The van der Waals surface area contributed by atoms with Crippen molar-refractivity contribution in [3.63, 3.8) is 0 Å². The van der Waals surface area contributed by atoms with E-state index in [4.69, 9.17) is 21.0 Å². The third-order valence-electron chi connectivity index (χ3n) is 8.41. The fraction of sp³-hybridized carbons (Fsp3) is 0.433. The first-order valence-electron chi connectivity index (χ1n) is 13.9. The standard InChI is InChI=1S/C30H33ClN4O4S/c31-25-8-4-3-7-24(25)29-33-26(20-9-11-21(12-10-20)35-15-17-40(37,38)18-16-35)27(39-29)22-5-1-2-6-23(22)28(36)34-30(19-32)13-14-30/h3-4,7-12,22-23,37-38H,1-2,5-6,13-18H2,(H,34,36)/t22-,23-/m1/s1. The molecule has 2 heterocycles. The number of nitriles is 1. The van der Waals surface area contributed by atoms with Gasteiger partial charge in [0.05, 0.1) is 28.2 Å². The van der Waals surface area contributed by atoms with E-state index in [1.165, 1.54) is 0 Å². The van der Waals surface area contributed by atoms with E-state index in [2.05, 4.69) is 16.3 Å². The molecule has 2 saturated carbocycles. The Hall–Kier alpha value is -3.03. The molecule has 0 bridgehead atoms. The smallest absolute Gasteiger partial charge is 0.228 e. The molecule has 2 aliphatic carbocycles. The highest BCUT2D eigenvalue weighted by Crippen LogP contribution is 2.46. The Bertz CT molecular complexity index is 1440. The lowest BCUT2D eigenvalue weighted by Gasteiger charge is -2.41. The second-order valence-corrected chi connectivity index (χ2v) is 14.0. The Kier molecular flexibility index (Phi) is 7.30. The molecular weight excluding hydrogens is 548 g/mol. The number of rotatable bonds is 6. The molecule has 40 heavy (non-hydrogen) atoms. The van der Waals surface area contributed by atoms with Crippen LogP contribution in [0.15, 0.2) is 52.9 Å². The quantitative estimate of drug-likeness (QED) is 0.297. The second-order valence-electron chi connectivity index (χ2n) is 11.1. The van der Waals surface area contributed by atoms with Crippen molar-refractivity contribution in [1.82, 2.24) is 10.3 Å². The molecule has 6 rings (SSSR count). The summed E-state index contributed by atoms with van der Waals surface area (Å²) in [6.07, 6.45) is 4.83. The van der Waals surface area contributed by atoms with E-state index in [0.29, 0.717) is 65.4 Å². The Morgan fingerprint density at radius 1 is 1.10 bits per heavy atom. The van der Waals surface area contributed by atoms with Gasteiger partial charge in [0.25, 0.3) is 0 Å². The lowest BCUT2D eigenvalue weighted by Crippen LogP contribution is -2.42. The van der Waals surface area contributed by atoms with Crippen LogP contribution in [-0.4, -0.2) is 50.1 Å². The Labute approximate surface area is 240 Å². The van der Waals surface area contributed by atoms with Gasteiger partial charge in [-0.3, -0.25) is 13.9 Å². The number of hydrogen-bond acceptors (Lipinski definition) is 7. The van der Waals surface area contributed by atoms with Crippen molar-refractivity contribution in [2.45, 2.75) is 50.0 Å². The van der Waals surface area contributed by atoms with Gasteiger partial charge >= 0.3 is 0 Å². The van der Waals surface area contributed by atoms with Crippen LogP contribution >= 0.6 is 22.2 Å².